The number of carbonyl (C=O) groups is 3. The van der Waals surface area contributed by atoms with Crippen LogP contribution in [0.25, 0.3) is 21.5 Å². The van der Waals surface area contributed by atoms with Crippen molar-refractivity contribution in [2.45, 2.75) is 68.2 Å². The quantitative estimate of drug-likeness (QED) is 0.0870. The van der Waals surface area contributed by atoms with Crippen LogP contribution in [0.4, 0.5) is 4.79 Å². The van der Waals surface area contributed by atoms with Crippen LogP contribution in [0.5, 0.6) is 23.0 Å². The number of ether oxygens (including phenoxy) is 4. The lowest BCUT2D eigenvalue weighted by molar-refractivity contribution is -0.132. The Morgan fingerprint density at radius 1 is 0.523 bits per heavy atom. The molecule has 0 N–H and O–H groups in total. The Bertz CT molecular complexity index is 1700. The van der Waals surface area contributed by atoms with E-state index in [4.69, 9.17) is 18.9 Å². The van der Waals surface area contributed by atoms with Gasteiger partial charge in [-0.1, -0.05) is 71.8 Å². The first-order chi connectivity index (χ1) is 20.9. The van der Waals surface area contributed by atoms with Gasteiger partial charge in [0.1, 0.15) is 23.0 Å². The second kappa shape index (κ2) is 13.6. The summed E-state index contributed by atoms with van der Waals surface area (Å²) in [4.78, 5) is 37.8. The van der Waals surface area contributed by atoms with Crippen molar-refractivity contribution >= 4 is 39.6 Å². The molecule has 44 heavy (non-hydrogen) atoms. The van der Waals surface area contributed by atoms with Crippen LogP contribution in [0.1, 0.15) is 63.8 Å². The van der Waals surface area contributed by atoms with E-state index in [0.29, 0.717) is 79.6 Å². The zero-order chi connectivity index (χ0) is 32.1. The molecule has 0 spiro atoms. The summed E-state index contributed by atoms with van der Waals surface area (Å²) in [6, 6.07) is 14.6. The molecule has 0 aliphatic carbocycles. The van der Waals surface area contributed by atoms with E-state index in [1.807, 2.05) is 102 Å². The van der Waals surface area contributed by atoms with Crippen LogP contribution in [-0.4, -0.2) is 18.1 Å². The lowest BCUT2D eigenvalue weighted by Gasteiger charge is -2.21. The van der Waals surface area contributed by atoms with Crippen molar-refractivity contribution in [2.24, 2.45) is 0 Å². The Kier molecular flexibility index (Phi) is 9.89. The average Bonchev–Trinajstić information content (AvgIpc) is 2.96. The lowest BCUT2D eigenvalue weighted by Crippen LogP contribution is -2.18. The highest BCUT2D eigenvalue weighted by Gasteiger charge is 2.25. The minimum absolute atomic E-state index is 0.333. The van der Waals surface area contributed by atoms with E-state index in [-0.39, 0.29) is 0 Å². The van der Waals surface area contributed by atoms with Crippen molar-refractivity contribution in [3.63, 3.8) is 0 Å². The maximum absolute atomic E-state index is 13.8. The van der Waals surface area contributed by atoms with Gasteiger partial charge in [-0.15, -0.1) is 0 Å². The van der Waals surface area contributed by atoms with Crippen LogP contribution in [0, 0.1) is 13.8 Å². The smallest absolute Gasteiger partial charge is 0.426 e. The molecule has 7 heteroatoms. The van der Waals surface area contributed by atoms with Gasteiger partial charge in [0, 0.05) is 46.5 Å². The summed E-state index contributed by atoms with van der Waals surface area (Å²) < 4.78 is 23.4. The van der Waals surface area contributed by atoms with Crippen LogP contribution in [0.15, 0.2) is 71.8 Å². The third-order valence-electron chi connectivity index (χ3n) is 7.26. The van der Waals surface area contributed by atoms with Crippen molar-refractivity contribution < 1.29 is 33.3 Å². The van der Waals surface area contributed by atoms with Crippen molar-refractivity contribution in [1.29, 1.82) is 0 Å². The summed E-state index contributed by atoms with van der Waals surface area (Å²) in [6.45, 7) is 14.4. The van der Waals surface area contributed by atoms with Crippen LogP contribution in [0.3, 0.4) is 0 Å². The average molecular weight is 595 g/mol. The van der Waals surface area contributed by atoms with E-state index in [1.165, 1.54) is 13.8 Å². The second-order valence-electron chi connectivity index (χ2n) is 11.2. The van der Waals surface area contributed by atoms with Gasteiger partial charge < -0.3 is 18.9 Å². The minimum atomic E-state index is -0.920. The van der Waals surface area contributed by atoms with Gasteiger partial charge >= 0.3 is 18.1 Å². The molecule has 7 nitrogen and oxygen atoms in total. The van der Waals surface area contributed by atoms with Crippen LogP contribution in [0.2, 0.25) is 0 Å². The predicted molar refractivity (Wildman–Crippen MR) is 173 cm³/mol. The molecule has 0 saturated carbocycles. The SMILES string of the molecule is CC(=O)Oc1c(C)c(CC=C(C)C)c(OC(=O)Oc2c(CC=C(C)C)c(C)c(OC(C)=O)c3ccccc23)c2ccccc12. The van der Waals surface area contributed by atoms with Gasteiger partial charge in [0.05, 0.1) is 0 Å². The molecule has 0 amide bonds. The summed E-state index contributed by atoms with van der Waals surface area (Å²) in [7, 11) is 0. The van der Waals surface area contributed by atoms with Gasteiger partial charge in [0.25, 0.3) is 0 Å². The maximum atomic E-state index is 13.8. The summed E-state index contributed by atoms with van der Waals surface area (Å²) >= 11 is 0. The number of benzene rings is 4. The molecular weight excluding hydrogens is 556 g/mol. The molecule has 0 atom stereocenters. The summed E-state index contributed by atoms with van der Waals surface area (Å²) in [5.74, 6) is 0.640. The Morgan fingerprint density at radius 2 is 0.841 bits per heavy atom. The molecule has 0 unspecified atom stereocenters. The monoisotopic (exact) mass is 594 g/mol. The Hall–Kier alpha value is -4.91. The van der Waals surface area contributed by atoms with E-state index in [2.05, 4.69) is 0 Å². The summed E-state index contributed by atoms with van der Waals surface area (Å²) in [5, 5.41) is 2.50. The van der Waals surface area contributed by atoms with E-state index in [0.717, 1.165) is 11.1 Å². The lowest BCUT2D eigenvalue weighted by atomic mass is 9.95. The fraction of sp³-hybridized carbons (Fsp3) is 0.270. The molecule has 0 radical (unpaired) electrons. The van der Waals surface area contributed by atoms with E-state index in [9.17, 15) is 14.4 Å². The van der Waals surface area contributed by atoms with E-state index >= 15 is 0 Å². The molecule has 0 fully saturated rings. The van der Waals surface area contributed by atoms with Gasteiger partial charge in [0.2, 0.25) is 0 Å². The first kappa shape index (κ1) is 32.0. The first-order valence-corrected chi connectivity index (χ1v) is 14.5. The molecule has 0 aromatic heterocycles. The zero-order valence-corrected chi connectivity index (χ0v) is 26.5. The first-order valence-electron chi connectivity index (χ1n) is 14.5. The highest BCUT2D eigenvalue weighted by molar-refractivity contribution is 6.00. The molecule has 0 bridgehead atoms. The van der Waals surface area contributed by atoms with Crippen LogP contribution in [-0.2, 0) is 22.4 Å². The Morgan fingerprint density at radius 3 is 1.14 bits per heavy atom. The fourth-order valence-corrected chi connectivity index (χ4v) is 5.18. The number of hydrogen-bond donors (Lipinski definition) is 0. The minimum Gasteiger partial charge on any atom is -0.426 e. The number of allylic oxidation sites excluding steroid dienone is 4. The van der Waals surface area contributed by atoms with Gasteiger partial charge in [-0.25, -0.2) is 4.79 Å². The normalized spacial score (nSPS) is 10.7. The molecule has 4 aromatic rings. The second-order valence-corrected chi connectivity index (χ2v) is 11.2. The van der Waals surface area contributed by atoms with Crippen molar-refractivity contribution in [3.05, 3.63) is 94.1 Å². The highest BCUT2D eigenvalue weighted by Crippen LogP contribution is 2.43. The van der Waals surface area contributed by atoms with Gasteiger partial charge in [-0.3, -0.25) is 9.59 Å². The highest BCUT2D eigenvalue weighted by atomic mass is 16.7. The number of esters is 2. The van der Waals surface area contributed by atoms with E-state index in [1.54, 1.807) is 0 Å². The van der Waals surface area contributed by atoms with Gasteiger partial charge in [-0.05, 0) is 65.5 Å². The molecule has 0 aliphatic rings. The number of fused-ring (bicyclic) bond motifs is 2. The summed E-state index contributed by atoms with van der Waals surface area (Å²) in [6.07, 6.45) is 4.02. The molecule has 4 rings (SSSR count). The van der Waals surface area contributed by atoms with Gasteiger partial charge in [0.15, 0.2) is 0 Å². The molecule has 0 aliphatic heterocycles. The molecule has 0 saturated heterocycles. The van der Waals surface area contributed by atoms with Crippen molar-refractivity contribution in [1.82, 2.24) is 0 Å². The predicted octanol–water partition coefficient (Wildman–Crippen LogP) is 9.06. The molecule has 0 heterocycles. The summed E-state index contributed by atoms with van der Waals surface area (Å²) in [5.41, 5.74) is 4.95. The number of carbonyl (C=O) groups excluding carboxylic acids is 3. The zero-order valence-electron chi connectivity index (χ0n) is 26.5. The van der Waals surface area contributed by atoms with Gasteiger partial charge in [-0.2, -0.15) is 0 Å². The molecule has 228 valence electrons. The largest absolute Gasteiger partial charge is 0.519 e. The third-order valence-corrected chi connectivity index (χ3v) is 7.26. The standard InChI is InChI=1S/C37H38O7/c1-21(2)17-19-27-23(5)33(41-25(7)38)29-13-9-11-15-31(29)35(27)43-37(40)44-36-28(20-18-22(3)4)24(6)34(42-26(8)39)30-14-10-12-16-32(30)36/h9-18H,19-20H2,1-8H3. The Balaban J connectivity index is 1.89. The van der Waals surface area contributed by atoms with Crippen LogP contribution >= 0.6 is 0 Å². The topological polar surface area (TPSA) is 88.1 Å². The third kappa shape index (κ3) is 7.00. The van der Waals surface area contributed by atoms with Crippen molar-refractivity contribution in [2.75, 3.05) is 0 Å². The van der Waals surface area contributed by atoms with Crippen LogP contribution < -0.4 is 18.9 Å². The van der Waals surface area contributed by atoms with Crippen molar-refractivity contribution in [3.8, 4) is 23.0 Å². The number of rotatable bonds is 8. The molecular formula is C37H38O7. The Labute approximate surface area is 258 Å². The molecule has 4 aromatic carbocycles. The van der Waals surface area contributed by atoms with E-state index < -0.39 is 18.1 Å². The number of hydrogen-bond acceptors (Lipinski definition) is 7. The fourth-order valence-electron chi connectivity index (χ4n) is 5.18. The maximum Gasteiger partial charge on any atom is 0.519 e.